The molecule has 0 aromatic carbocycles. The van der Waals surface area contributed by atoms with Crippen molar-refractivity contribution in [3.05, 3.63) is 16.7 Å². The van der Waals surface area contributed by atoms with E-state index in [9.17, 15) is 19.2 Å². The van der Waals surface area contributed by atoms with E-state index < -0.39 is 48.6 Å². The average Bonchev–Trinajstić information content (AvgIpc) is 3.17. The largest absolute Gasteiger partial charge is 0.468 e. The third-order valence-electron chi connectivity index (χ3n) is 4.43. The highest BCUT2D eigenvalue weighted by Gasteiger charge is 2.41. The Morgan fingerprint density at radius 3 is 2.67 bits per heavy atom. The molecule has 2 aromatic rings. The number of esters is 3. The highest BCUT2D eigenvalue weighted by molar-refractivity contribution is 5.76. The van der Waals surface area contributed by atoms with Crippen LogP contribution in [0.2, 0.25) is 0 Å². The molecule has 2 aromatic heterocycles. The minimum atomic E-state index is -1.09. The van der Waals surface area contributed by atoms with E-state index in [2.05, 4.69) is 14.7 Å². The van der Waals surface area contributed by atoms with Gasteiger partial charge in [0.25, 0.3) is 0 Å². The molecule has 3 rings (SSSR count). The lowest BCUT2D eigenvalue weighted by molar-refractivity contribution is -0.153. The molecule has 13 heteroatoms. The van der Waals surface area contributed by atoms with Crippen LogP contribution in [0.3, 0.4) is 0 Å². The summed E-state index contributed by atoms with van der Waals surface area (Å²) < 4.78 is 23.0. The molecule has 0 bridgehead atoms. The van der Waals surface area contributed by atoms with Crippen molar-refractivity contribution >= 4 is 35.0 Å². The first-order valence-electron chi connectivity index (χ1n) is 8.97. The van der Waals surface area contributed by atoms with Gasteiger partial charge in [-0.05, 0) is 0 Å². The number of rotatable bonds is 6. The molecule has 1 fully saturated rings. The topological polar surface area (TPSA) is 167 Å². The molecule has 0 unspecified atom stereocenters. The molecule has 2 N–H and O–H groups in total. The standard InChI is InChI=1S/C17H21N5O8/c1-8(23)28-7-10-4-12(29-9(2)24)15(30-10)22-14-11(5-19-16(18)20-14)21(17(22)26)6-13(25)27-3/h5,10,12,15H,4,6-7H2,1-3H3,(H2,18,19,20)/t10-,12+,15+/m0/s1. The number of imidazole rings is 1. The van der Waals surface area contributed by atoms with Gasteiger partial charge in [0, 0.05) is 20.3 Å². The molecule has 1 aliphatic rings. The maximum atomic E-state index is 13.1. The van der Waals surface area contributed by atoms with Crippen LogP contribution >= 0.6 is 0 Å². The van der Waals surface area contributed by atoms with E-state index >= 15 is 0 Å². The number of nitrogen functional groups attached to an aromatic ring is 1. The maximum Gasteiger partial charge on any atom is 0.333 e. The highest BCUT2D eigenvalue weighted by atomic mass is 16.6. The summed E-state index contributed by atoms with van der Waals surface area (Å²) in [6, 6.07) is 0. The number of ether oxygens (including phenoxy) is 4. The number of hydrogen-bond donors (Lipinski definition) is 1. The molecular formula is C17H21N5O8. The molecular weight excluding hydrogens is 402 g/mol. The van der Waals surface area contributed by atoms with Crippen LogP contribution in [0, 0.1) is 0 Å². The van der Waals surface area contributed by atoms with Gasteiger partial charge in [0.2, 0.25) is 5.95 Å². The van der Waals surface area contributed by atoms with Gasteiger partial charge >= 0.3 is 23.6 Å². The predicted molar refractivity (Wildman–Crippen MR) is 98.9 cm³/mol. The van der Waals surface area contributed by atoms with Gasteiger partial charge in [0.05, 0.1) is 19.4 Å². The van der Waals surface area contributed by atoms with Crippen molar-refractivity contribution in [3.8, 4) is 0 Å². The van der Waals surface area contributed by atoms with Crippen LogP contribution in [0.15, 0.2) is 11.0 Å². The number of anilines is 1. The molecule has 13 nitrogen and oxygen atoms in total. The Balaban J connectivity index is 2.08. The molecule has 0 amide bonds. The van der Waals surface area contributed by atoms with Crippen molar-refractivity contribution < 1.29 is 33.3 Å². The van der Waals surface area contributed by atoms with Crippen molar-refractivity contribution in [2.24, 2.45) is 0 Å². The lowest BCUT2D eigenvalue weighted by Crippen LogP contribution is -2.34. The Labute approximate surface area is 169 Å². The second-order valence-corrected chi connectivity index (χ2v) is 6.59. The van der Waals surface area contributed by atoms with E-state index in [0.29, 0.717) is 0 Å². The lowest BCUT2D eigenvalue weighted by Gasteiger charge is -2.19. The normalized spacial score (nSPS) is 20.8. The number of nitrogens with zero attached hydrogens (tertiary/aromatic N) is 4. The highest BCUT2D eigenvalue weighted by Crippen LogP contribution is 2.33. The minimum Gasteiger partial charge on any atom is -0.468 e. The summed E-state index contributed by atoms with van der Waals surface area (Å²) in [5.74, 6) is -1.85. The molecule has 0 radical (unpaired) electrons. The number of fused-ring (bicyclic) bond motifs is 1. The summed E-state index contributed by atoms with van der Waals surface area (Å²) in [6.45, 7) is 1.99. The van der Waals surface area contributed by atoms with E-state index in [4.69, 9.17) is 19.9 Å². The van der Waals surface area contributed by atoms with Crippen LogP contribution in [-0.4, -0.2) is 62.9 Å². The van der Waals surface area contributed by atoms with E-state index in [0.717, 1.165) is 9.13 Å². The van der Waals surface area contributed by atoms with Crippen molar-refractivity contribution in [1.82, 2.24) is 19.1 Å². The van der Waals surface area contributed by atoms with Crippen LogP contribution in [-0.2, 0) is 39.9 Å². The van der Waals surface area contributed by atoms with E-state index in [1.54, 1.807) is 0 Å². The fourth-order valence-corrected chi connectivity index (χ4v) is 3.23. The molecule has 1 aliphatic heterocycles. The smallest absolute Gasteiger partial charge is 0.333 e. The van der Waals surface area contributed by atoms with Crippen LogP contribution in [0.25, 0.3) is 11.2 Å². The molecule has 0 aliphatic carbocycles. The van der Waals surface area contributed by atoms with Gasteiger partial charge in [0.1, 0.15) is 24.8 Å². The number of carbonyl (C=O) groups excluding carboxylic acids is 3. The Morgan fingerprint density at radius 1 is 1.30 bits per heavy atom. The molecule has 0 saturated carbocycles. The molecule has 0 spiro atoms. The zero-order valence-electron chi connectivity index (χ0n) is 16.6. The fourth-order valence-electron chi connectivity index (χ4n) is 3.23. The van der Waals surface area contributed by atoms with Gasteiger partial charge in [-0.3, -0.25) is 19.0 Å². The van der Waals surface area contributed by atoms with Crippen molar-refractivity contribution in [1.29, 1.82) is 0 Å². The molecule has 1 saturated heterocycles. The second-order valence-electron chi connectivity index (χ2n) is 6.59. The summed E-state index contributed by atoms with van der Waals surface area (Å²) >= 11 is 0. The van der Waals surface area contributed by atoms with E-state index in [1.165, 1.54) is 27.2 Å². The van der Waals surface area contributed by atoms with E-state index in [-0.39, 0.29) is 30.1 Å². The van der Waals surface area contributed by atoms with Crippen molar-refractivity contribution in [3.63, 3.8) is 0 Å². The number of hydrogen-bond acceptors (Lipinski definition) is 11. The third kappa shape index (κ3) is 4.25. The van der Waals surface area contributed by atoms with E-state index in [1.807, 2.05) is 0 Å². The Kier molecular flexibility index (Phi) is 6.01. The summed E-state index contributed by atoms with van der Waals surface area (Å²) in [4.78, 5) is 55.6. The SMILES string of the molecule is COC(=O)Cn1c(=O)n([C@@H]2O[C@H](COC(C)=O)C[C@H]2OC(C)=O)c2nc(N)ncc21. The molecule has 3 heterocycles. The number of carbonyl (C=O) groups is 3. The Hall–Kier alpha value is -3.48. The predicted octanol–water partition coefficient (Wildman–Crippen LogP) is -0.869. The summed E-state index contributed by atoms with van der Waals surface area (Å²) in [6.07, 6.45) is -1.11. The number of nitrogens with two attached hydrogens (primary N) is 1. The third-order valence-corrected chi connectivity index (χ3v) is 4.43. The van der Waals surface area contributed by atoms with Crippen molar-refractivity contribution in [2.75, 3.05) is 19.5 Å². The van der Waals surface area contributed by atoms with Gasteiger partial charge in [-0.15, -0.1) is 0 Å². The zero-order chi connectivity index (χ0) is 22.0. The summed E-state index contributed by atoms with van der Waals surface area (Å²) in [5, 5.41) is 0. The van der Waals surface area contributed by atoms with Gasteiger partial charge in [0.15, 0.2) is 11.9 Å². The van der Waals surface area contributed by atoms with Crippen LogP contribution < -0.4 is 11.4 Å². The average molecular weight is 423 g/mol. The fraction of sp³-hybridized carbons (Fsp3) is 0.529. The Morgan fingerprint density at radius 2 is 2.03 bits per heavy atom. The van der Waals surface area contributed by atoms with Gasteiger partial charge in [-0.1, -0.05) is 0 Å². The first-order valence-corrected chi connectivity index (χ1v) is 8.97. The van der Waals surface area contributed by atoms with Gasteiger partial charge in [-0.2, -0.15) is 4.98 Å². The van der Waals surface area contributed by atoms with Crippen LogP contribution in [0.5, 0.6) is 0 Å². The number of methoxy groups -OCH3 is 1. The molecule has 3 atom stereocenters. The van der Waals surface area contributed by atoms with Gasteiger partial charge < -0.3 is 24.7 Å². The molecule has 30 heavy (non-hydrogen) atoms. The van der Waals surface area contributed by atoms with Gasteiger partial charge in [-0.25, -0.2) is 14.3 Å². The number of aromatic nitrogens is 4. The molecule has 162 valence electrons. The minimum absolute atomic E-state index is 0.0870. The first kappa shape index (κ1) is 21.2. The second kappa shape index (κ2) is 8.49. The summed E-state index contributed by atoms with van der Waals surface area (Å²) in [7, 11) is 1.19. The zero-order valence-corrected chi connectivity index (χ0v) is 16.6. The first-order chi connectivity index (χ1) is 14.2. The quantitative estimate of drug-likeness (QED) is 0.453. The maximum absolute atomic E-state index is 13.1. The monoisotopic (exact) mass is 423 g/mol. The van der Waals surface area contributed by atoms with Crippen LogP contribution in [0.4, 0.5) is 5.95 Å². The lowest BCUT2D eigenvalue weighted by atomic mass is 10.2. The van der Waals surface area contributed by atoms with Crippen LogP contribution in [0.1, 0.15) is 26.5 Å². The summed E-state index contributed by atoms with van der Waals surface area (Å²) in [5.41, 5.74) is 5.32. The Bertz CT molecular complexity index is 1040. The van der Waals surface area contributed by atoms with Crippen molar-refractivity contribution in [2.45, 2.75) is 45.2 Å².